The van der Waals surface area contributed by atoms with E-state index in [1.54, 1.807) is 6.92 Å². The van der Waals surface area contributed by atoms with Gasteiger partial charge in [0.1, 0.15) is 0 Å². The van der Waals surface area contributed by atoms with Gasteiger partial charge in [-0.1, -0.05) is 19.3 Å². The van der Waals surface area contributed by atoms with Crippen LogP contribution in [0.5, 0.6) is 0 Å². The lowest BCUT2D eigenvalue weighted by atomic mass is 9.92. The monoisotopic (exact) mass is 181 g/mol. The van der Waals surface area contributed by atoms with Crippen LogP contribution < -0.4 is 0 Å². The Bertz CT molecular complexity index is 188. The SMILES string of the molecule is CC(=O)N1CC2CCCCCC2C1. The minimum Gasteiger partial charge on any atom is -0.342 e. The first kappa shape index (κ1) is 9.04. The molecule has 2 unspecified atom stereocenters. The van der Waals surface area contributed by atoms with E-state index >= 15 is 0 Å². The molecule has 0 spiro atoms. The molecule has 0 aromatic heterocycles. The molecule has 13 heavy (non-hydrogen) atoms. The minimum atomic E-state index is 0.271. The number of amides is 1. The van der Waals surface area contributed by atoms with E-state index in [-0.39, 0.29) is 5.91 Å². The van der Waals surface area contributed by atoms with Gasteiger partial charge in [-0.25, -0.2) is 0 Å². The summed E-state index contributed by atoms with van der Waals surface area (Å²) in [5.74, 6) is 1.92. The quantitative estimate of drug-likeness (QED) is 0.560. The Hall–Kier alpha value is -0.530. The Morgan fingerprint density at radius 3 is 2.08 bits per heavy atom. The van der Waals surface area contributed by atoms with E-state index in [0.717, 1.165) is 24.9 Å². The molecule has 2 fully saturated rings. The van der Waals surface area contributed by atoms with Crippen molar-refractivity contribution in [1.82, 2.24) is 4.90 Å². The Balaban J connectivity index is 1.97. The van der Waals surface area contributed by atoms with Gasteiger partial charge in [0.15, 0.2) is 0 Å². The van der Waals surface area contributed by atoms with Gasteiger partial charge in [0, 0.05) is 20.0 Å². The Morgan fingerprint density at radius 2 is 1.62 bits per heavy atom. The highest BCUT2D eigenvalue weighted by Gasteiger charge is 2.34. The van der Waals surface area contributed by atoms with Crippen molar-refractivity contribution in [1.29, 1.82) is 0 Å². The Kier molecular flexibility index (Phi) is 2.56. The highest BCUT2D eigenvalue weighted by Crippen LogP contribution is 2.34. The summed E-state index contributed by atoms with van der Waals surface area (Å²) in [5, 5.41) is 0. The molecule has 1 aliphatic carbocycles. The molecule has 0 aromatic rings. The number of carbonyl (C=O) groups excluding carboxylic acids is 1. The zero-order chi connectivity index (χ0) is 9.26. The molecule has 1 aliphatic heterocycles. The third kappa shape index (κ3) is 1.87. The van der Waals surface area contributed by atoms with Crippen LogP contribution in [0.1, 0.15) is 39.0 Å². The maximum Gasteiger partial charge on any atom is 0.219 e. The van der Waals surface area contributed by atoms with Crippen molar-refractivity contribution < 1.29 is 4.79 Å². The van der Waals surface area contributed by atoms with Crippen molar-refractivity contribution in [3.8, 4) is 0 Å². The average molecular weight is 181 g/mol. The van der Waals surface area contributed by atoms with Crippen LogP contribution in [0.2, 0.25) is 0 Å². The second-order valence-electron chi connectivity index (χ2n) is 4.58. The van der Waals surface area contributed by atoms with Crippen LogP contribution in [0.3, 0.4) is 0 Å². The van der Waals surface area contributed by atoms with E-state index < -0.39 is 0 Å². The van der Waals surface area contributed by atoms with Crippen molar-refractivity contribution >= 4 is 5.91 Å². The largest absolute Gasteiger partial charge is 0.342 e. The second-order valence-corrected chi connectivity index (χ2v) is 4.58. The molecule has 0 aromatic carbocycles. The molecule has 0 radical (unpaired) electrons. The molecule has 2 nitrogen and oxygen atoms in total. The molecule has 2 heteroatoms. The molecule has 1 saturated carbocycles. The fourth-order valence-corrected chi connectivity index (χ4v) is 2.84. The topological polar surface area (TPSA) is 20.3 Å². The molecule has 0 bridgehead atoms. The van der Waals surface area contributed by atoms with Gasteiger partial charge < -0.3 is 4.90 Å². The Labute approximate surface area is 80.3 Å². The van der Waals surface area contributed by atoms with Crippen LogP contribution in [0.25, 0.3) is 0 Å². The predicted octanol–water partition coefficient (Wildman–Crippen LogP) is 2.04. The van der Waals surface area contributed by atoms with E-state index in [4.69, 9.17) is 0 Å². The summed E-state index contributed by atoms with van der Waals surface area (Å²) in [6.07, 6.45) is 6.88. The van der Waals surface area contributed by atoms with Crippen molar-refractivity contribution in [2.24, 2.45) is 11.8 Å². The second kappa shape index (κ2) is 3.69. The van der Waals surface area contributed by atoms with Crippen molar-refractivity contribution in [2.75, 3.05) is 13.1 Å². The standard InChI is InChI=1S/C11H19NO/c1-9(13)12-7-10-5-3-2-4-6-11(10)8-12/h10-11H,2-8H2,1H3. The van der Waals surface area contributed by atoms with Gasteiger partial charge >= 0.3 is 0 Å². The summed E-state index contributed by atoms with van der Waals surface area (Å²) in [6.45, 7) is 3.78. The normalized spacial score (nSPS) is 34.1. The highest BCUT2D eigenvalue weighted by atomic mass is 16.2. The van der Waals surface area contributed by atoms with Crippen LogP contribution in [0.15, 0.2) is 0 Å². The summed E-state index contributed by atoms with van der Waals surface area (Å²) in [7, 11) is 0. The summed E-state index contributed by atoms with van der Waals surface area (Å²) in [5.41, 5.74) is 0. The van der Waals surface area contributed by atoms with Crippen LogP contribution >= 0.6 is 0 Å². The third-order valence-electron chi connectivity index (χ3n) is 3.67. The molecular weight excluding hydrogens is 162 g/mol. The van der Waals surface area contributed by atoms with Gasteiger partial charge in [-0.05, 0) is 24.7 Å². The Morgan fingerprint density at radius 1 is 1.08 bits per heavy atom. The average Bonchev–Trinajstić information content (AvgIpc) is 2.38. The summed E-state index contributed by atoms with van der Waals surface area (Å²) in [6, 6.07) is 0. The van der Waals surface area contributed by atoms with Gasteiger partial charge in [0.25, 0.3) is 0 Å². The van der Waals surface area contributed by atoms with E-state index in [2.05, 4.69) is 0 Å². The van der Waals surface area contributed by atoms with E-state index in [9.17, 15) is 4.79 Å². The molecule has 0 N–H and O–H groups in total. The highest BCUT2D eigenvalue weighted by molar-refractivity contribution is 5.73. The van der Waals surface area contributed by atoms with Gasteiger partial charge in [-0.15, -0.1) is 0 Å². The van der Waals surface area contributed by atoms with Crippen LogP contribution in [0, 0.1) is 11.8 Å². The zero-order valence-corrected chi connectivity index (χ0v) is 8.46. The van der Waals surface area contributed by atoms with E-state index in [1.165, 1.54) is 32.1 Å². The summed E-state index contributed by atoms with van der Waals surface area (Å²) >= 11 is 0. The fourth-order valence-electron chi connectivity index (χ4n) is 2.84. The molecule has 1 amide bonds. The number of hydrogen-bond acceptors (Lipinski definition) is 1. The first-order valence-corrected chi connectivity index (χ1v) is 5.53. The number of likely N-dealkylation sites (tertiary alicyclic amines) is 1. The number of fused-ring (bicyclic) bond motifs is 1. The van der Waals surface area contributed by atoms with Crippen LogP contribution in [0.4, 0.5) is 0 Å². The number of rotatable bonds is 0. The molecule has 2 atom stereocenters. The molecule has 2 rings (SSSR count). The van der Waals surface area contributed by atoms with Gasteiger partial charge in [-0.3, -0.25) is 4.79 Å². The number of nitrogens with zero attached hydrogens (tertiary/aromatic N) is 1. The first-order valence-electron chi connectivity index (χ1n) is 5.53. The molecule has 2 aliphatic rings. The first-order chi connectivity index (χ1) is 6.27. The molecule has 74 valence electrons. The number of hydrogen-bond donors (Lipinski definition) is 0. The molecule has 1 saturated heterocycles. The minimum absolute atomic E-state index is 0.271. The molecular formula is C11H19NO. The van der Waals surface area contributed by atoms with Crippen molar-refractivity contribution in [2.45, 2.75) is 39.0 Å². The van der Waals surface area contributed by atoms with E-state index in [1.807, 2.05) is 4.90 Å². The number of carbonyl (C=O) groups is 1. The van der Waals surface area contributed by atoms with Crippen LogP contribution in [-0.2, 0) is 4.79 Å². The lowest BCUT2D eigenvalue weighted by Gasteiger charge is -2.13. The van der Waals surface area contributed by atoms with Gasteiger partial charge in [0.2, 0.25) is 5.91 Å². The van der Waals surface area contributed by atoms with Gasteiger partial charge in [0.05, 0.1) is 0 Å². The van der Waals surface area contributed by atoms with Gasteiger partial charge in [-0.2, -0.15) is 0 Å². The molecule has 1 heterocycles. The van der Waals surface area contributed by atoms with Crippen LogP contribution in [-0.4, -0.2) is 23.9 Å². The zero-order valence-electron chi connectivity index (χ0n) is 8.46. The maximum atomic E-state index is 11.2. The maximum absolute atomic E-state index is 11.2. The lowest BCUT2D eigenvalue weighted by Crippen LogP contribution is -2.26. The lowest BCUT2D eigenvalue weighted by molar-refractivity contribution is -0.128. The predicted molar refractivity (Wildman–Crippen MR) is 52.3 cm³/mol. The smallest absolute Gasteiger partial charge is 0.219 e. The van der Waals surface area contributed by atoms with E-state index in [0.29, 0.717) is 0 Å². The third-order valence-corrected chi connectivity index (χ3v) is 3.67. The van der Waals surface area contributed by atoms with Crippen molar-refractivity contribution in [3.63, 3.8) is 0 Å². The van der Waals surface area contributed by atoms with Crippen molar-refractivity contribution in [3.05, 3.63) is 0 Å². The summed E-state index contributed by atoms with van der Waals surface area (Å²) in [4.78, 5) is 13.2. The fraction of sp³-hybridized carbons (Fsp3) is 0.909. The summed E-state index contributed by atoms with van der Waals surface area (Å²) < 4.78 is 0.